The summed E-state index contributed by atoms with van der Waals surface area (Å²) in [7, 11) is 1.88. The van der Waals surface area contributed by atoms with E-state index in [9.17, 15) is 4.79 Å². The Bertz CT molecular complexity index is 371. The maximum absolute atomic E-state index is 11.9. The fraction of sp³-hybridized carbons (Fsp3) is 0.615. The summed E-state index contributed by atoms with van der Waals surface area (Å²) >= 11 is 0. The fourth-order valence-electron chi connectivity index (χ4n) is 1.80. The van der Waals surface area contributed by atoms with Gasteiger partial charge < -0.3 is 15.0 Å². The minimum atomic E-state index is -0.0445. The van der Waals surface area contributed by atoms with E-state index >= 15 is 0 Å². The third kappa shape index (κ3) is 3.60. The van der Waals surface area contributed by atoms with Crippen molar-refractivity contribution in [1.29, 1.82) is 0 Å². The summed E-state index contributed by atoms with van der Waals surface area (Å²) < 4.78 is 1.88. The average Bonchev–Trinajstić information content (AvgIpc) is 2.65. The molecule has 1 aromatic heterocycles. The van der Waals surface area contributed by atoms with Crippen molar-refractivity contribution in [2.24, 2.45) is 13.0 Å². The van der Waals surface area contributed by atoms with Gasteiger partial charge in [-0.2, -0.15) is 0 Å². The molecule has 0 aliphatic carbocycles. The molecule has 4 heteroatoms. The second kappa shape index (κ2) is 6.45. The molecule has 0 aliphatic heterocycles. The summed E-state index contributed by atoms with van der Waals surface area (Å²) in [5.41, 5.74) is 1.75. The van der Waals surface area contributed by atoms with Gasteiger partial charge in [0.1, 0.15) is 5.69 Å². The highest BCUT2D eigenvalue weighted by molar-refractivity contribution is 5.92. The van der Waals surface area contributed by atoms with E-state index in [4.69, 9.17) is 5.11 Å². The van der Waals surface area contributed by atoms with Crippen LogP contribution in [0.1, 0.15) is 35.9 Å². The van der Waals surface area contributed by atoms with Gasteiger partial charge in [0.25, 0.3) is 5.91 Å². The van der Waals surface area contributed by atoms with Crippen molar-refractivity contribution in [1.82, 2.24) is 9.88 Å². The number of nitrogens with one attached hydrogen (secondary N) is 1. The van der Waals surface area contributed by atoms with Crippen molar-refractivity contribution in [3.63, 3.8) is 0 Å². The number of hydrogen-bond acceptors (Lipinski definition) is 2. The van der Waals surface area contributed by atoms with Gasteiger partial charge in [0, 0.05) is 25.9 Å². The highest BCUT2D eigenvalue weighted by Gasteiger charge is 2.12. The molecule has 1 rings (SSSR count). The van der Waals surface area contributed by atoms with Crippen LogP contribution in [0.25, 0.3) is 0 Å². The zero-order valence-electron chi connectivity index (χ0n) is 10.9. The number of rotatable bonds is 6. The number of aliphatic hydroxyl groups is 1. The summed E-state index contributed by atoms with van der Waals surface area (Å²) in [5.74, 6) is 0.308. The standard InChI is InChI=1S/C13H22N2O2/c1-4-11(7-8-16)9-14-13(17)12-6-5-10(2)15(12)3/h5-6,11,16H,4,7-9H2,1-3H3,(H,14,17). The van der Waals surface area contributed by atoms with Crippen LogP contribution < -0.4 is 5.32 Å². The van der Waals surface area contributed by atoms with Gasteiger partial charge in [-0.15, -0.1) is 0 Å². The van der Waals surface area contributed by atoms with Gasteiger partial charge >= 0.3 is 0 Å². The van der Waals surface area contributed by atoms with Crippen molar-refractivity contribution in [2.45, 2.75) is 26.7 Å². The Hall–Kier alpha value is -1.29. The highest BCUT2D eigenvalue weighted by Crippen LogP contribution is 2.08. The van der Waals surface area contributed by atoms with Crippen molar-refractivity contribution >= 4 is 5.91 Å². The lowest BCUT2D eigenvalue weighted by Gasteiger charge is -2.14. The van der Waals surface area contributed by atoms with E-state index in [1.807, 2.05) is 30.7 Å². The summed E-state index contributed by atoms with van der Waals surface area (Å²) in [4.78, 5) is 11.9. The molecule has 0 fully saturated rings. The van der Waals surface area contributed by atoms with Crippen molar-refractivity contribution < 1.29 is 9.90 Å². The zero-order chi connectivity index (χ0) is 12.8. The minimum Gasteiger partial charge on any atom is -0.396 e. The summed E-state index contributed by atoms with van der Waals surface area (Å²) in [6, 6.07) is 3.76. The number of aryl methyl sites for hydroxylation is 1. The van der Waals surface area contributed by atoms with E-state index in [1.165, 1.54) is 0 Å². The maximum Gasteiger partial charge on any atom is 0.267 e. The monoisotopic (exact) mass is 238 g/mol. The van der Waals surface area contributed by atoms with Crippen molar-refractivity contribution in [3.8, 4) is 0 Å². The lowest BCUT2D eigenvalue weighted by atomic mass is 10.0. The summed E-state index contributed by atoms with van der Waals surface area (Å²) in [6.45, 7) is 4.84. The van der Waals surface area contributed by atoms with E-state index in [1.54, 1.807) is 0 Å². The normalized spacial score (nSPS) is 12.5. The van der Waals surface area contributed by atoms with Gasteiger partial charge in [-0.3, -0.25) is 4.79 Å². The Labute approximate surface area is 103 Å². The summed E-state index contributed by atoms with van der Waals surface area (Å²) in [5, 5.41) is 11.8. The topological polar surface area (TPSA) is 54.3 Å². The van der Waals surface area contributed by atoms with Crippen LogP contribution in [-0.4, -0.2) is 28.7 Å². The number of carbonyl (C=O) groups is 1. The molecule has 0 saturated heterocycles. The minimum absolute atomic E-state index is 0.0445. The highest BCUT2D eigenvalue weighted by atomic mass is 16.3. The first kappa shape index (κ1) is 13.8. The molecular formula is C13H22N2O2. The van der Waals surface area contributed by atoms with Crippen LogP contribution >= 0.6 is 0 Å². The van der Waals surface area contributed by atoms with Gasteiger partial charge in [0.2, 0.25) is 0 Å². The van der Waals surface area contributed by atoms with Crippen molar-refractivity contribution in [3.05, 3.63) is 23.5 Å². The number of carbonyl (C=O) groups excluding carboxylic acids is 1. The third-order valence-corrected chi connectivity index (χ3v) is 3.27. The first-order chi connectivity index (χ1) is 8.10. The second-order valence-electron chi connectivity index (χ2n) is 4.42. The van der Waals surface area contributed by atoms with Crippen LogP contribution in [0.5, 0.6) is 0 Å². The molecule has 1 heterocycles. The smallest absolute Gasteiger partial charge is 0.267 e. The molecule has 0 spiro atoms. The Morgan fingerprint density at radius 1 is 1.53 bits per heavy atom. The molecule has 1 unspecified atom stereocenters. The van der Waals surface area contributed by atoms with Gasteiger partial charge in [-0.1, -0.05) is 13.3 Å². The molecule has 1 amide bonds. The quantitative estimate of drug-likeness (QED) is 0.788. The first-order valence-corrected chi connectivity index (χ1v) is 6.11. The van der Waals surface area contributed by atoms with E-state index in [0.29, 0.717) is 18.2 Å². The predicted octanol–water partition coefficient (Wildman–Crippen LogP) is 1.47. The number of aliphatic hydroxyl groups excluding tert-OH is 1. The van der Waals surface area contributed by atoms with Crippen LogP contribution in [0, 0.1) is 12.8 Å². The molecule has 0 bridgehead atoms. The fourth-order valence-corrected chi connectivity index (χ4v) is 1.80. The van der Waals surface area contributed by atoms with Gasteiger partial charge in [0.15, 0.2) is 0 Å². The zero-order valence-corrected chi connectivity index (χ0v) is 10.9. The molecule has 1 atom stereocenters. The Balaban J connectivity index is 2.52. The molecule has 0 radical (unpaired) electrons. The van der Waals surface area contributed by atoms with Gasteiger partial charge in [-0.25, -0.2) is 0 Å². The first-order valence-electron chi connectivity index (χ1n) is 6.11. The third-order valence-electron chi connectivity index (χ3n) is 3.27. The van der Waals surface area contributed by atoms with E-state index < -0.39 is 0 Å². The molecular weight excluding hydrogens is 216 g/mol. The SMILES string of the molecule is CCC(CCO)CNC(=O)c1ccc(C)n1C. The lowest BCUT2D eigenvalue weighted by Crippen LogP contribution is -2.30. The molecule has 17 heavy (non-hydrogen) atoms. The second-order valence-corrected chi connectivity index (χ2v) is 4.42. The van der Waals surface area contributed by atoms with E-state index in [2.05, 4.69) is 12.2 Å². The largest absolute Gasteiger partial charge is 0.396 e. The van der Waals surface area contributed by atoms with E-state index in [-0.39, 0.29) is 12.5 Å². The molecule has 0 aliphatic rings. The molecule has 1 aromatic rings. The predicted molar refractivity (Wildman–Crippen MR) is 68.0 cm³/mol. The average molecular weight is 238 g/mol. The molecule has 4 nitrogen and oxygen atoms in total. The van der Waals surface area contributed by atoms with Crippen molar-refractivity contribution in [2.75, 3.05) is 13.2 Å². The molecule has 0 aromatic carbocycles. The number of nitrogens with zero attached hydrogens (tertiary/aromatic N) is 1. The molecule has 2 N–H and O–H groups in total. The van der Waals surface area contributed by atoms with Gasteiger partial charge in [-0.05, 0) is 31.4 Å². The number of hydrogen-bond donors (Lipinski definition) is 2. The van der Waals surface area contributed by atoms with Crippen LogP contribution in [-0.2, 0) is 7.05 Å². The van der Waals surface area contributed by atoms with E-state index in [0.717, 1.165) is 18.5 Å². The van der Waals surface area contributed by atoms with Gasteiger partial charge in [0.05, 0.1) is 0 Å². The maximum atomic E-state index is 11.9. The Morgan fingerprint density at radius 2 is 2.24 bits per heavy atom. The van der Waals surface area contributed by atoms with Crippen LogP contribution in [0.3, 0.4) is 0 Å². The Kier molecular flexibility index (Phi) is 5.22. The number of aromatic nitrogens is 1. The Morgan fingerprint density at radius 3 is 2.71 bits per heavy atom. The molecule has 96 valence electrons. The lowest BCUT2D eigenvalue weighted by molar-refractivity contribution is 0.0935. The van der Waals surface area contributed by atoms with Crippen LogP contribution in [0.4, 0.5) is 0 Å². The van der Waals surface area contributed by atoms with Crippen LogP contribution in [0.2, 0.25) is 0 Å². The van der Waals surface area contributed by atoms with Crippen LogP contribution in [0.15, 0.2) is 12.1 Å². The number of amides is 1. The molecule has 0 saturated carbocycles. The summed E-state index contributed by atoms with van der Waals surface area (Å²) in [6.07, 6.45) is 1.70.